The fraction of sp³-hybridized carbons (Fsp3) is 0.667. The van der Waals surface area contributed by atoms with E-state index in [0.29, 0.717) is 24.9 Å². The molecular weight excluding hydrogens is 332 g/mol. The minimum Gasteiger partial charge on any atom is -0.354 e. The Morgan fingerprint density at radius 2 is 2.15 bits per heavy atom. The zero-order valence-electron chi connectivity index (χ0n) is 15.1. The number of hydrogen-bond acceptors (Lipinski definition) is 6. The number of carbonyl (C=O) groups excluding carboxylic acids is 2. The van der Waals surface area contributed by atoms with E-state index in [1.807, 2.05) is 24.0 Å². The zero-order valence-corrected chi connectivity index (χ0v) is 15.1. The maximum Gasteiger partial charge on any atom is 0.234 e. The first kappa shape index (κ1) is 17.2. The van der Waals surface area contributed by atoms with Gasteiger partial charge in [0.2, 0.25) is 11.8 Å². The van der Waals surface area contributed by atoms with Crippen LogP contribution in [0.2, 0.25) is 0 Å². The van der Waals surface area contributed by atoms with Crippen LogP contribution in [-0.4, -0.2) is 72.2 Å². The predicted molar refractivity (Wildman–Crippen MR) is 96.6 cm³/mol. The Morgan fingerprint density at radius 3 is 2.85 bits per heavy atom. The van der Waals surface area contributed by atoms with Gasteiger partial charge in [0.05, 0.1) is 24.8 Å². The molecule has 2 N–H and O–H groups in total. The molecule has 3 aliphatic rings. The molecule has 3 heterocycles. The number of nitrogens with one attached hydrogen (secondary N) is 2. The van der Waals surface area contributed by atoms with Gasteiger partial charge in [-0.1, -0.05) is 0 Å². The number of aryl methyl sites for hydroxylation is 1. The maximum absolute atomic E-state index is 12.5. The van der Waals surface area contributed by atoms with Gasteiger partial charge >= 0.3 is 0 Å². The van der Waals surface area contributed by atoms with Crippen molar-refractivity contribution >= 4 is 17.6 Å². The van der Waals surface area contributed by atoms with Gasteiger partial charge in [-0.2, -0.15) is 5.10 Å². The van der Waals surface area contributed by atoms with E-state index in [9.17, 15) is 9.59 Å². The molecule has 2 aliphatic heterocycles. The average molecular weight is 358 g/mol. The molecule has 8 heteroatoms. The van der Waals surface area contributed by atoms with Crippen molar-refractivity contribution in [3.8, 4) is 0 Å². The Kier molecular flexibility index (Phi) is 4.76. The third-order valence-electron chi connectivity index (χ3n) is 5.53. The number of amides is 2. The van der Waals surface area contributed by atoms with Gasteiger partial charge in [0.15, 0.2) is 5.82 Å². The molecule has 0 aromatic carbocycles. The van der Waals surface area contributed by atoms with Crippen molar-refractivity contribution in [3.63, 3.8) is 0 Å². The Hall–Kier alpha value is -2.22. The number of piperazine rings is 1. The summed E-state index contributed by atoms with van der Waals surface area (Å²) in [7, 11) is 0. The lowest BCUT2D eigenvalue weighted by atomic mass is 9.98. The van der Waals surface area contributed by atoms with Crippen LogP contribution in [0.25, 0.3) is 0 Å². The van der Waals surface area contributed by atoms with Gasteiger partial charge in [0, 0.05) is 32.1 Å². The van der Waals surface area contributed by atoms with Crippen LogP contribution >= 0.6 is 0 Å². The molecule has 2 atom stereocenters. The summed E-state index contributed by atoms with van der Waals surface area (Å²) in [6.07, 6.45) is 2.49. The summed E-state index contributed by atoms with van der Waals surface area (Å²) in [4.78, 5) is 28.1. The lowest BCUT2D eigenvalue weighted by Gasteiger charge is -2.27. The first-order valence-electron chi connectivity index (χ1n) is 9.42. The summed E-state index contributed by atoms with van der Waals surface area (Å²) in [5.41, 5.74) is 0.905. The molecule has 2 amide bonds. The molecule has 0 bridgehead atoms. The van der Waals surface area contributed by atoms with Crippen LogP contribution < -0.4 is 15.5 Å². The molecule has 1 aromatic heterocycles. The molecule has 0 radical (unpaired) electrons. The highest BCUT2D eigenvalue weighted by atomic mass is 16.2. The first-order chi connectivity index (χ1) is 12.6. The highest BCUT2D eigenvalue weighted by Gasteiger charge is 2.43. The van der Waals surface area contributed by atoms with Gasteiger partial charge in [0.1, 0.15) is 0 Å². The molecule has 3 fully saturated rings. The molecule has 4 rings (SSSR count). The topological polar surface area (TPSA) is 90.5 Å². The second kappa shape index (κ2) is 7.19. The van der Waals surface area contributed by atoms with Gasteiger partial charge in [0.25, 0.3) is 0 Å². The molecule has 1 saturated carbocycles. The standard InChI is InChI=1S/C18H26N6O2/c1-12-2-5-16(22-21-12)24-8-14(13-3-4-13)15(9-24)20-18(26)11-23-7-6-19-17(25)10-23/h2,5,13-15H,3-4,6-11H2,1H3,(H,19,25)(H,20,26)/t14-,15+/m1/s1. The smallest absolute Gasteiger partial charge is 0.234 e. The van der Waals surface area contributed by atoms with Crippen molar-refractivity contribution in [1.82, 2.24) is 25.7 Å². The van der Waals surface area contributed by atoms with E-state index in [2.05, 4.69) is 25.7 Å². The third kappa shape index (κ3) is 3.95. The average Bonchev–Trinajstić information content (AvgIpc) is 3.37. The molecule has 26 heavy (non-hydrogen) atoms. The Bertz CT molecular complexity index is 675. The molecule has 140 valence electrons. The van der Waals surface area contributed by atoms with Crippen LogP contribution in [0.5, 0.6) is 0 Å². The molecule has 2 saturated heterocycles. The quantitative estimate of drug-likeness (QED) is 0.741. The van der Waals surface area contributed by atoms with Crippen LogP contribution in [0.15, 0.2) is 12.1 Å². The maximum atomic E-state index is 12.5. The summed E-state index contributed by atoms with van der Waals surface area (Å²) < 4.78 is 0. The summed E-state index contributed by atoms with van der Waals surface area (Å²) in [5, 5.41) is 14.5. The monoisotopic (exact) mass is 358 g/mol. The van der Waals surface area contributed by atoms with E-state index in [1.165, 1.54) is 12.8 Å². The van der Waals surface area contributed by atoms with Gasteiger partial charge < -0.3 is 15.5 Å². The summed E-state index contributed by atoms with van der Waals surface area (Å²) >= 11 is 0. The van der Waals surface area contributed by atoms with Crippen molar-refractivity contribution in [2.45, 2.75) is 25.8 Å². The van der Waals surface area contributed by atoms with Gasteiger partial charge in [-0.25, -0.2) is 0 Å². The first-order valence-corrected chi connectivity index (χ1v) is 9.42. The normalized spacial score (nSPS) is 26.7. The molecular formula is C18H26N6O2. The minimum atomic E-state index is -0.00936. The highest BCUT2D eigenvalue weighted by Crippen LogP contribution is 2.42. The van der Waals surface area contributed by atoms with E-state index in [1.54, 1.807) is 0 Å². The molecule has 1 aromatic rings. The lowest BCUT2D eigenvalue weighted by molar-refractivity contribution is -0.127. The number of nitrogens with zero attached hydrogens (tertiary/aromatic N) is 4. The minimum absolute atomic E-state index is 0.00666. The fourth-order valence-electron chi connectivity index (χ4n) is 4.01. The predicted octanol–water partition coefficient (Wildman–Crippen LogP) is -0.452. The van der Waals surface area contributed by atoms with Crippen molar-refractivity contribution in [3.05, 3.63) is 17.8 Å². The third-order valence-corrected chi connectivity index (χ3v) is 5.53. The molecule has 1 aliphatic carbocycles. The number of rotatable bonds is 5. The summed E-state index contributed by atoms with van der Waals surface area (Å²) in [6, 6.07) is 4.11. The number of anilines is 1. The van der Waals surface area contributed by atoms with Crippen LogP contribution in [0, 0.1) is 18.8 Å². The zero-order chi connectivity index (χ0) is 18.1. The van der Waals surface area contributed by atoms with Crippen molar-refractivity contribution in [2.24, 2.45) is 11.8 Å². The largest absolute Gasteiger partial charge is 0.354 e. The van der Waals surface area contributed by atoms with Crippen molar-refractivity contribution < 1.29 is 9.59 Å². The van der Waals surface area contributed by atoms with E-state index in [0.717, 1.165) is 31.1 Å². The fourth-order valence-corrected chi connectivity index (χ4v) is 4.01. The number of aromatic nitrogens is 2. The second-order valence-corrected chi connectivity index (χ2v) is 7.67. The highest BCUT2D eigenvalue weighted by molar-refractivity contribution is 5.82. The molecule has 8 nitrogen and oxygen atoms in total. The van der Waals surface area contributed by atoms with Crippen molar-refractivity contribution in [1.29, 1.82) is 0 Å². The van der Waals surface area contributed by atoms with Gasteiger partial charge in [-0.05, 0) is 37.8 Å². The van der Waals surface area contributed by atoms with Crippen LogP contribution in [-0.2, 0) is 9.59 Å². The summed E-state index contributed by atoms with van der Waals surface area (Å²) in [6.45, 7) is 5.53. The molecule has 0 unspecified atom stereocenters. The van der Waals surface area contributed by atoms with E-state index in [4.69, 9.17) is 0 Å². The van der Waals surface area contributed by atoms with Gasteiger partial charge in [-0.15, -0.1) is 5.10 Å². The van der Waals surface area contributed by atoms with Crippen LogP contribution in [0.3, 0.4) is 0 Å². The second-order valence-electron chi connectivity index (χ2n) is 7.67. The Labute approximate surface area is 153 Å². The van der Waals surface area contributed by atoms with Crippen LogP contribution in [0.1, 0.15) is 18.5 Å². The van der Waals surface area contributed by atoms with Crippen molar-refractivity contribution in [2.75, 3.05) is 44.2 Å². The van der Waals surface area contributed by atoms with E-state index < -0.39 is 0 Å². The number of carbonyl (C=O) groups is 2. The van der Waals surface area contributed by atoms with Gasteiger partial charge in [-0.3, -0.25) is 14.5 Å². The lowest BCUT2D eigenvalue weighted by Crippen LogP contribution is -2.52. The number of hydrogen-bond donors (Lipinski definition) is 2. The van der Waals surface area contributed by atoms with Crippen LogP contribution in [0.4, 0.5) is 5.82 Å². The van der Waals surface area contributed by atoms with E-state index >= 15 is 0 Å². The Balaban J connectivity index is 1.37. The Morgan fingerprint density at radius 1 is 1.31 bits per heavy atom. The van der Waals surface area contributed by atoms with E-state index in [-0.39, 0.29) is 24.4 Å². The SMILES string of the molecule is Cc1ccc(N2C[C@H](NC(=O)CN3CCNC(=O)C3)[C@@H](C3CC3)C2)nn1. The molecule has 0 spiro atoms. The summed E-state index contributed by atoms with van der Waals surface area (Å²) in [5.74, 6) is 2.04.